The van der Waals surface area contributed by atoms with Crippen molar-refractivity contribution in [2.45, 2.75) is 57.5 Å². The number of aromatic nitrogens is 5. The Hall–Kier alpha value is -2.54. The first-order chi connectivity index (χ1) is 14.2. The molecule has 0 saturated carbocycles. The van der Waals surface area contributed by atoms with E-state index in [9.17, 15) is 4.79 Å². The zero-order valence-corrected chi connectivity index (χ0v) is 17.0. The maximum Gasteiger partial charge on any atom is 0.261 e. The fourth-order valence-electron chi connectivity index (χ4n) is 4.82. The Morgan fingerprint density at radius 2 is 1.97 bits per heavy atom. The summed E-state index contributed by atoms with van der Waals surface area (Å²) in [6.45, 7) is 3.71. The molecule has 1 saturated heterocycles. The van der Waals surface area contributed by atoms with E-state index < -0.39 is 0 Å². The lowest BCUT2D eigenvalue weighted by Gasteiger charge is -2.32. The van der Waals surface area contributed by atoms with Gasteiger partial charge in [-0.1, -0.05) is 18.6 Å². The molecule has 4 heterocycles. The molecule has 0 bridgehead atoms. The van der Waals surface area contributed by atoms with Gasteiger partial charge in [-0.3, -0.25) is 14.3 Å². The summed E-state index contributed by atoms with van der Waals surface area (Å²) in [4.78, 5) is 19.9. The third-order valence-corrected chi connectivity index (χ3v) is 6.45. The van der Waals surface area contributed by atoms with Crippen LogP contribution in [0.25, 0.3) is 10.9 Å². The summed E-state index contributed by atoms with van der Waals surface area (Å²) in [6, 6.07) is 7.60. The van der Waals surface area contributed by atoms with Gasteiger partial charge in [-0.2, -0.15) is 0 Å². The highest BCUT2D eigenvalue weighted by molar-refractivity contribution is 5.77. The zero-order chi connectivity index (χ0) is 19.8. The fourth-order valence-corrected chi connectivity index (χ4v) is 4.82. The molecule has 7 heteroatoms. The standard InChI is InChI=1S/C22H28N6O/c1-26-20(23-18-10-5-4-9-17(18)22(26)29)15-27-12-7-8-16(14-27)21-25-24-19-11-3-2-6-13-28(19)21/h4-5,9-10,16H,2-3,6-8,11-15H2,1H3. The normalized spacial score (nSPS) is 20.5. The van der Waals surface area contributed by atoms with Crippen molar-refractivity contribution < 1.29 is 0 Å². The van der Waals surface area contributed by atoms with Crippen molar-refractivity contribution in [1.82, 2.24) is 29.2 Å². The number of nitrogens with zero attached hydrogens (tertiary/aromatic N) is 6. The molecule has 5 rings (SSSR count). The quantitative estimate of drug-likeness (QED) is 0.685. The summed E-state index contributed by atoms with van der Waals surface area (Å²) in [7, 11) is 1.83. The predicted molar refractivity (Wildman–Crippen MR) is 112 cm³/mol. The topological polar surface area (TPSA) is 68.8 Å². The van der Waals surface area contributed by atoms with Crippen LogP contribution in [0.3, 0.4) is 0 Å². The number of benzene rings is 1. The second-order valence-electron chi connectivity index (χ2n) is 8.42. The number of hydrogen-bond acceptors (Lipinski definition) is 5. The second-order valence-corrected chi connectivity index (χ2v) is 8.42. The highest BCUT2D eigenvalue weighted by atomic mass is 16.1. The van der Waals surface area contributed by atoms with Gasteiger partial charge < -0.3 is 4.57 Å². The van der Waals surface area contributed by atoms with Crippen LogP contribution >= 0.6 is 0 Å². The maximum atomic E-state index is 12.7. The molecule has 1 atom stereocenters. The van der Waals surface area contributed by atoms with Crippen LogP contribution in [0.15, 0.2) is 29.1 Å². The number of hydrogen-bond donors (Lipinski definition) is 0. The first-order valence-corrected chi connectivity index (χ1v) is 10.8. The molecule has 0 aliphatic carbocycles. The van der Waals surface area contributed by atoms with Gasteiger partial charge in [0.1, 0.15) is 17.5 Å². The van der Waals surface area contributed by atoms with Crippen molar-refractivity contribution in [3.05, 3.63) is 52.1 Å². The molecule has 2 aliphatic heterocycles. The van der Waals surface area contributed by atoms with Gasteiger partial charge in [-0.15, -0.1) is 10.2 Å². The van der Waals surface area contributed by atoms with Gasteiger partial charge in [0.05, 0.1) is 17.4 Å². The average molecular weight is 393 g/mol. The van der Waals surface area contributed by atoms with E-state index in [2.05, 4.69) is 19.7 Å². The molecule has 2 aromatic heterocycles. The van der Waals surface area contributed by atoms with E-state index in [1.807, 2.05) is 31.3 Å². The van der Waals surface area contributed by atoms with Crippen LogP contribution in [-0.2, 0) is 26.6 Å². The maximum absolute atomic E-state index is 12.7. The van der Waals surface area contributed by atoms with Gasteiger partial charge >= 0.3 is 0 Å². The van der Waals surface area contributed by atoms with Crippen molar-refractivity contribution in [3.8, 4) is 0 Å². The molecule has 29 heavy (non-hydrogen) atoms. The summed E-state index contributed by atoms with van der Waals surface area (Å²) in [5, 5.41) is 9.77. The molecule has 2 aliphatic rings. The SMILES string of the molecule is Cn1c(CN2CCCC(c3nnc4n3CCCCC4)C2)nc2ccccc2c1=O. The average Bonchev–Trinajstić information content (AvgIpc) is 3.00. The van der Waals surface area contributed by atoms with E-state index in [-0.39, 0.29) is 5.56 Å². The molecule has 1 aromatic carbocycles. The number of aryl methyl sites for hydroxylation is 1. The van der Waals surface area contributed by atoms with Gasteiger partial charge in [0.25, 0.3) is 5.56 Å². The van der Waals surface area contributed by atoms with Crippen molar-refractivity contribution >= 4 is 10.9 Å². The summed E-state index contributed by atoms with van der Waals surface area (Å²) >= 11 is 0. The second kappa shape index (κ2) is 7.71. The Morgan fingerprint density at radius 3 is 2.90 bits per heavy atom. The van der Waals surface area contributed by atoms with Crippen LogP contribution in [0.4, 0.5) is 0 Å². The van der Waals surface area contributed by atoms with Crippen LogP contribution < -0.4 is 5.56 Å². The molecule has 7 nitrogen and oxygen atoms in total. The first kappa shape index (κ1) is 18.5. The van der Waals surface area contributed by atoms with Gasteiger partial charge in [0.15, 0.2) is 0 Å². The lowest BCUT2D eigenvalue weighted by Crippen LogP contribution is -2.37. The minimum atomic E-state index is 0.0296. The van der Waals surface area contributed by atoms with E-state index in [1.165, 1.54) is 19.3 Å². The Balaban J connectivity index is 1.38. The third kappa shape index (κ3) is 3.48. The number of piperidine rings is 1. The number of fused-ring (bicyclic) bond motifs is 2. The van der Waals surface area contributed by atoms with Gasteiger partial charge in [-0.25, -0.2) is 4.98 Å². The van der Waals surface area contributed by atoms with Crippen LogP contribution in [0.5, 0.6) is 0 Å². The molecule has 1 unspecified atom stereocenters. The summed E-state index contributed by atoms with van der Waals surface area (Å²) < 4.78 is 4.08. The predicted octanol–water partition coefficient (Wildman–Crippen LogP) is 2.63. The number of rotatable bonds is 3. The Morgan fingerprint density at radius 1 is 1.07 bits per heavy atom. The highest BCUT2D eigenvalue weighted by Gasteiger charge is 2.28. The Kier molecular flexibility index (Phi) is 4.91. The van der Waals surface area contributed by atoms with Crippen LogP contribution in [-0.4, -0.2) is 42.3 Å². The van der Waals surface area contributed by atoms with E-state index in [0.717, 1.165) is 61.9 Å². The zero-order valence-electron chi connectivity index (χ0n) is 17.0. The van der Waals surface area contributed by atoms with Crippen molar-refractivity contribution in [1.29, 1.82) is 0 Å². The smallest absolute Gasteiger partial charge is 0.261 e. The molecule has 3 aromatic rings. The van der Waals surface area contributed by atoms with Crippen molar-refractivity contribution in [2.75, 3.05) is 13.1 Å². The summed E-state index contributed by atoms with van der Waals surface area (Å²) in [5.74, 6) is 3.55. The Bertz CT molecular complexity index is 1080. The van der Waals surface area contributed by atoms with Crippen LogP contribution in [0.2, 0.25) is 0 Å². The Labute approximate surface area is 170 Å². The number of likely N-dealkylation sites (tertiary alicyclic amines) is 1. The summed E-state index contributed by atoms with van der Waals surface area (Å²) in [6.07, 6.45) is 7.05. The van der Waals surface area contributed by atoms with Gasteiger partial charge in [0.2, 0.25) is 0 Å². The summed E-state index contributed by atoms with van der Waals surface area (Å²) in [5.41, 5.74) is 0.809. The van der Waals surface area contributed by atoms with Gasteiger partial charge in [0, 0.05) is 32.5 Å². The molecule has 1 fully saturated rings. The van der Waals surface area contributed by atoms with Crippen molar-refractivity contribution in [3.63, 3.8) is 0 Å². The van der Waals surface area contributed by atoms with Crippen LogP contribution in [0.1, 0.15) is 55.5 Å². The highest BCUT2D eigenvalue weighted by Crippen LogP contribution is 2.28. The first-order valence-electron chi connectivity index (χ1n) is 10.8. The van der Waals surface area contributed by atoms with E-state index in [0.29, 0.717) is 17.8 Å². The number of para-hydroxylation sites is 1. The third-order valence-electron chi connectivity index (χ3n) is 6.45. The molecule has 0 spiro atoms. The lowest BCUT2D eigenvalue weighted by molar-refractivity contribution is 0.188. The lowest BCUT2D eigenvalue weighted by atomic mass is 9.97. The molecular formula is C22H28N6O. The molecule has 0 radical (unpaired) electrons. The molecule has 152 valence electrons. The van der Waals surface area contributed by atoms with Gasteiger partial charge in [-0.05, 0) is 44.4 Å². The van der Waals surface area contributed by atoms with E-state index in [4.69, 9.17) is 4.98 Å². The van der Waals surface area contributed by atoms with Crippen LogP contribution in [0, 0.1) is 0 Å². The van der Waals surface area contributed by atoms with Crippen molar-refractivity contribution in [2.24, 2.45) is 7.05 Å². The monoisotopic (exact) mass is 392 g/mol. The minimum absolute atomic E-state index is 0.0296. The largest absolute Gasteiger partial charge is 0.315 e. The molecule has 0 N–H and O–H groups in total. The molecule has 0 amide bonds. The van der Waals surface area contributed by atoms with E-state index >= 15 is 0 Å². The molecular weight excluding hydrogens is 364 g/mol. The minimum Gasteiger partial charge on any atom is -0.315 e. The van der Waals surface area contributed by atoms with E-state index in [1.54, 1.807) is 4.57 Å². The fraction of sp³-hybridized carbons (Fsp3) is 0.545.